The number of carbonyl (C=O) groups is 1. The van der Waals surface area contributed by atoms with Gasteiger partial charge in [0, 0.05) is 20.1 Å². The van der Waals surface area contributed by atoms with E-state index in [1.54, 1.807) is 20.9 Å². The molecule has 1 aliphatic heterocycles. The van der Waals surface area contributed by atoms with E-state index in [0.29, 0.717) is 13.1 Å². The van der Waals surface area contributed by atoms with E-state index in [1.807, 2.05) is 0 Å². The number of amides is 2. The molecule has 1 heterocycles. The summed E-state index contributed by atoms with van der Waals surface area (Å²) in [6.07, 6.45) is 3.62. The molecule has 0 spiro atoms. The normalized spacial score (nSPS) is 20.8. The van der Waals surface area contributed by atoms with Gasteiger partial charge in [0.25, 0.3) is 0 Å². The SMILES string of the molecule is CC1CCCN(CCCNC(=O)N(C)CC(C)(C)O)C1. The number of urea groups is 1. The predicted octanol–water partition coefficient (Wildman–Crippen LogP) is 1.52. The maximum Gasteiger partial charge on any atom is 0.317 e. The standard InChI is InChI=1S/C15H31N3O2/c1-13-7-5-9-18(11-13)10-6-8-16-14(19)17(4)12-15(2,3)20/h13,20H,5-12H2,1-4H3,(H,16,19). The second-order valence-corrected chi connectivity index (χ2v) is 6.80. The highest BCUT2D eigenvalue weighted by molar-refractivity contribution is 5.73. The number of nitrogens with zero attached hydrogens (tertiary/aromatic N) is 2. The van der Waals surface area contributed by atoms with Crippen molar-refractivity contribution in [2.24, 2.45) is 5.92 Å². The molecule has 0 aromatic rings. The Hall–Kier alpha value is -0.810. The molecule has 0 aromatic heterocycles. The summed E-state index contributed by atoms with van der Waals surface area (Å²) >= 11 is 0. The molecule has 1 unspecified atom stereocenters. The summed E-state index contributed by atoms with van der Waals surface area (Å²) < 4.78 is 0. The monoisotopic (exact) mass is 285 g/mol. The van der Waals surface area contributed by atoms with Crippen LogP contribution in [-0.2, 0) is 0 Å². The number of aliphatic hydroxyl groups is 1. The molecule has 1 fully saturated rings. The van der Waals surface area contributed by atoms with Crippen LogP contribution in [0.4, 0.5) is 4.79 Å². The third-order valence-electron chi connectivity index (χ3n) is 3.64. The Balaban J connectivity index is 2.12. The van der Waals surface area contributed by atoms with Crippen molar-refractivity contribution in [1.82, 2.24) is 15.1 Å². The molecule has 1 rings (SSSR count). The van der Waals surface area contributed by atoms with E-state index >= 15 is 0 Å². The van der Waals surface area contributed by atoms with Gasteiger partial charge in [0.2, 0.25) is 0 Å². The molecule has 1 saturated heterocycles. The minimum absolute atomic E-state index is 0.112. The summed E-state index contributed by atoms with van der Waals surface area (Å²) in [5.74, 6) is 0.802. The highest BCUT2D eigenvalue weighted by Gasteiger charge is 2.19. The highest BCUT2D eigenvalue weighted by atomic mass is 16.3. The smallest absolute Gasteiger partial charge is 0.317 e. The molecule has 20 heavy (non-hydrogen) atoms. The fraction of sp³-hybridized carbons (Fsp3) is 0.933. The summed E-state index contributed by atoms with van der Waals surface area (Å²) in [5, 5.41) is 12.6. The zero-order valence-electron chi connectivity index (χ0n) is 13.5. The zero-order valence-corrected chi connectivity index (χ0v) is 13.5. The first-order chi connectivity index (χ1) is 9.28. The lowest BCUT2D eigenvalue weighted by molar-refractivity contribution is 0.0531. The summed E-state index contributed by atoms with van der Waals surface area (Å²) in [6, 6.07) is -0.112. The third-order valence-corrected chi connectivity index (χ3v) is 3.64. The fourth-order valence-electron chi connectivity index (χ4n) is 2.77. The van der Waals surface area contributed by atoms with E-state index in [0.717, 1.165) is 18.9 Å². The van der Waals surface area contributed by atoms with Crippen LogP contribution in [0.5, 0.6) is 0 Å². The first-order valence-corrected chi connectivity index (χ1v) is 7.71. The first-order valence-electron chi connectivity index (χ1n) is 7.71. The van der Waals surface area contributed by atoms with Gasteiger partial charge in [-0.1, -0.05) is 6.92 Å². The van der Waals surface area contributed by atoms with Crippen molar-refractivity contribution in [3.63, 3.8) is 0 Å². The fourth-order valence-corrected chi connectivity index (χ4v) is 2.77. The van der Waals surface area contributed by atoms with E-state index in [9.17, 15) is 9.90 Å². The Kier molecular flexibility index (Phi) is 6.76. The van der Waals surface area contributed by atoms with Crippen LogP contribution in [-0.4, -0.2) is 66.3 Å². The molecule has 0 aromatic carbocycles. The van der Waals surface area contributed by atoms with Gasteiger partial charge in [0.15, 0.2) is 0 Å². The second kappa shape index (κ2) is 7.84. The molecular weight excluding hydrogens is 254 g/mol. The third kappa shape index (κ3) is 7.10. The maximum absolute atomic E-state index is 11.8. The van der Waals surface area contributed by atoms with Gasteiger partial charge < -0.3 is 20.2 Å². The Bertz CT molecular complexity index is 302. The lowest BCUT2D eigenvalue weighted by atomic mass is 10.0. The van der Waals surface area contributed by atoms with Crippen LogP contribution >= 0.6 is 0 Å². The number of hydrogen-bond acceptors (Lipinski definition) is 3. The van der Waals surface area contributed by atoms with Crippen molar-refractivity contribution >= 4 is 6.03 Å². The number of hydrogen-bond donors (Lipinski definition) is 2. The Labute approximate surface area is 123 Å². The molecule has 1 aliphatic rings. The first kappa shape index (κ1) is 17.2. The van der Waals surface area contributed by atoms with Gasteiger partial charge in [-0.25, -0.2) is 4.79 Å². The number of nitrogens with one attached hydrogen (secondary N) is 1. The molecule has 0 saturated carbocycles. The molecule has 0 radical (unpaired) electrons. The largest absolute Gasteiger partial charge is 0.389 e. The quantitative estimate of drug-likeness (QED) is 0.728. The Morgan fingerprint density at radius 2 is 2.20 bits per heavy atom. The van der Waals surface area contributed by atoms with Gasteiger partial charge >= 0.3 is 6.03 Å². The summed E-state index contributed by atoms with van der Waals surface area (Å²) in [6.45, 7) is 10.2. The maximum atomic E-state index is 11.8. The van der Waals surface area contributed by atoms with Gasteiger partial charge in [-0.15, -0.1) is 0 Å². The van der Waals surface area contributed by atoms with Crippen LogP contribution in [0.25, 0.3) is 0 Å². The van der Waals surface area contributed by atoms with Crippen LogP contribution in [0.2, 0.25) is 0 Å². The van der Waals surface area contributed by atoms with Gasteiger partial charge in [-0.3, -0.25) is 0 Å². The van der Waals surface area contributed by atoms with E-state index in [1.165, 1.54) is 30.8 Å². The molecule has 2 amide bonds. The molecule has 1 atom stereocenters. The second-order valence-electron chi connectivity index (χ2n) is 6.80. The van der Waals surface area contributed by atoms with Crippen LogP contribution in [0.1, 0.15) is 40.0 Å². The van der Waals surface area contributed by atoms with Crippen molar-refractivity contribution in [2.45, 2.75) is 45.6 Å². The van der Waals surface area contributed by atoms with Crippen molar-refractivity contribution in [1.29, 1.82) is 0 Å². The van der Waals surface area contributed by atoms with E-state index < -0.39 is 5.60 Å². The molecule has 118 valence electrons. The predicted molar refractivity (Wildman–Crippen MR) is 81.8 cm³/mol. The number of likely N-dealkylation sites (tertiary alicyclic amines) is 1. The molecule has 0 aliphatic carbocycles. The van der Waals surface area contributed by atoms with Crippen LogP contribution < -0.4 is 5.32 Å². The zero-order chi connectivity index (χ0) is 15.2. The summed E-state index contributed by atoms with van der Waals surface area (Å²) in [4.78, 5) is 15.8. The van der Waals surface area contributed by atoms with Crippen molar-refractivity contribution in [2.75, 3.05) is 39.8 Å². The Morgan fingerprint density at radius 1 is 1.50 bits per heavy atom. The summed E-state index contributed by atoms with van der Waals surface area (Å²) in [5.41, 5.74) is -0.851. The Morgan fingerprint density at radius 3 is 2.80 bits per heavy atom. The molecule has 0 bridgehead atoms. The number of carbonyl (C=O) groups excluding carboxylic acids is 1. The molecule has 5 heteroatoms. The minimum atomic E-state index is -0.851. The number of likely N-dealkylation sites (N-methyl/N-ethyl adjacent to an activating group) is 1. The van der Waals surface area contributed by atoms with Crippen LogP contribution in [0.3, 0.4) is 0 Å². The van der Waals surface area contributed by atoms with Gasteiger partial charge in [-0.2, -0.15) is 0 Å². The molecular formula is C15H31N3O2. The van der Waals surface area contributed by atoms with Crippen LogP contribution in [0, 0.1) is 5.92 Å². The summed E-state index contributed by atoms with van der Waals surface area (Å²) in [7, 11) is 1.71. The van der Waals surface area contributed by atoms with E-state index in [-0.39, 0.29) is 6.03 Å². The lowest BCUT2D eigenvalue weighted by Crippen LogP contribution is -2.45. The van der Waals surface area contributed by atoms with Crippen molar-refractivity contribution in [3.8, 4) is 0 Å². The molecule has 5 nitrogen and oxygen atoms in total. The van der Waals surface area contributed by atoms with E-state index in [2.05, 4.69) is 17.1 Å². The molecule has 2 N–H and O–H groups in total. The number of piperidine rings is 1. The van der Waals surface area contributed by atoms with Gasteiger partial charge in [0.05, 0.1) is 12.1 Å². The van der Waals surface area contributed by atoms with Gasteiger partial charge in [-0.05, 0) is 52.1 Å². The lowest BCUT2D eigenvalue weighted by Gasteiger charge is -2.31. The highest BCUT2D eigenvalue weighted by Crippen LogP contribution is 2.15. The van der Waals surface area contributed by atoms with Crippen LogP contribution in [0.15, 0.2) is 0 Å². The van der Waals surface area contributed by atoms with Crippen molar-refractivity contribution in [3.05, 3.63) is 0 Å². The minimum Gasteiger partial charge on any atom is -0.389 e. The number of rotatable bonds is 6. The topological polar surface area (TPSA) is 55.8 Å². The van der Waals surface area contributed by atoms with E-state index in [4.69, 9.17) is 0 Å². The van der Waals surface area contributed by atoms with Gasteiger partial charge in [0.1, 0.15) is 0 Å². The average molecular weight is 285 g/mol. The average Bonchev–Trinajstić information content (AvgIpc) is 2.32. The van der Waals surface area contributed by atoms with Crippen molar-refractivity contribution < 1.29 is 9.90 Å².